The van der Waals surface area contributed by atoms with Gasteiger partial charge < -0.3 is 4.42 Å². The highest BCUT2D eigenvalue weighted by Crippen LogP contribution is 2.48. The lowest BCUT2D eigenvalue weighted by Gasteiger charge is -2.20. The van der Waals surface area contributed by atoms with Crippen LogP contribution in [0, 0.1) is 0 Å². The van der Waals surface area contributed by atoms with Crippen molar-refractivity contribution in [1.82, 2.24) is 0 Å². The molecule has 1 aromatic heterocycles. The van der Waals surface area contributed by atoms with E-state index < -0.39 is 24.2 Å². The molecule has 0 radical (unpaired) electrons. The van der Waals surface area contributed by atoms with Crippen molar-refractivity contribution in [3.8, 4) is 44.5 Å². The maximum Gasteiger partial charge on any atom is 0.143 e. The lowest BCUT2D eigenvalue weighted by Crippen LogP contribution is -1.93. The number of hydrogen-bond acceptors (Lipinski definition) is 1. The van der Waals surface area contributed by atoms with Crippen molar-refractivity contribution < 1.29 is 15.4 Å². The first-order chi connectivity index (χ1) is 27.7. The van der Waals surface area contributed by atoms with Crippen LogP contribution in [0.1, 0.15) is 11.0 Å². The summed E-state index contributed by atoms with van der Waals surface area (Å²) in [6.07, 6.45) is 0. The van der Waals surface area contributed by atoms with Gasteiger partial charge in [-0.2, -0.15) is 0 Å². The average molecular weight is 631 g/mol. The van der Waals surface area contributed by atoms with Crippen LogP contribution in [0.3, 0.4) is 0 Å². The van der Waals surface area contributed by atoms with Crippen molar-refractivity contribution in [2.24, 2.45) is 0 Å². The van der Waals surface area contributed by atoms with Crippen LogP contribution >= 0.6 is 0 Å². The van der Waals surface area contributed by atoms with E-state index in [1.165, 1.54) is 0 Å². The molecule has 1 heteroatoms. The zero-order valence-electron chi connectivity index (χ0n) is 34.1. The van der Waals surface area contributed by atoms with Gasteiger partial charge in [0.2, 0.25) is 0 Å². The Balaban J connectivity index is 1.40. The SMILES string of the molecule is [2H]c1c([2H])c([2H])c2c(-c3cccc4oc5c6ccc(-c7ccccc7)cc6ccc5c34)c3c([2H])c([2H])c([2H])c([2H])c3c(-c3ccccc3-c3ccccc3)c2c1[2H]. The molecule has 0 saturated heterocycles. The van der Waals surface area contributed by atoms with E-state index in [1.807, 2.05) is 109 Å². The summed E-state index contributed by atoms with van der Waals surface area (Å²) < 4.78 is 80.3. The fourth-order valence-corrected chi connectivity index (χ4v) is 7.36. The Bertz CT molecular complexity index is 3240. The van der Waals surface area contributed by atoms with Gasteiger partial charge in [0.25, 0.3) is 0 Å². The number of rotatable bonds is 4. The minimum atomic E-state index is -0.444. The van der Waals surface area contributed by atoms with E-state index in [2.05, 4.69) is 24.3 Å². The molecule has 1 nitrogen and oxygen atoms in total. The van der Waals surface area contributed by atoms with E-state index >= 15 is 0 Å². The lowest BCUT2D eigenvalue weighted by molar-refractivity contribution is 0.673. The Morgan fingerprint density at radius 3 is 1.61 bits per heavy atom. The van der Waals surface area contributed by atoms with E-state index in [1.54, 1.807) is 0 Å². The highest BCUT2D eigenvalue weighted by molar-refractivity contribution is 6.27. The quantitative estimate of drug-likeness (QED) is 0.176. The van der Waals surface area contributed by atoms with E-state index in [0.717, 1.165) is 38.4 Å². The van der Waals surface area contributed by atoms with Gasteiger partial charge >= 0.3 is 0 Å². The Labute approximate surface area is 295 Å². The first-order valence-electron chi connectivity index (χ1n) is 20.2. The number of fused-ring (bicyclic) bond motifs is 7. The first-order valence-corrected chi connectivity index (χ1v) is 16.2. The molecule has 0 bridgehead atoms. The van der Waals surface area contributed by atoms with E-state index in [9.17, 15) is 5.48 Å². The standard InChI is InChI=1S/C48H30O/c1-3-14-31(15-4-1)33-26-28-36-34(30-33)27-29-43-47-42(24-13-25-44(47)49-48(36)43)46-40-22-11-9-20-38(40)45(39-21-10-12-23-41(39)46)37-19-8-7-18-35(37)32-16-5-2-6-17-32/h1-30H/i9D,10D,11D,12D,20D,21D,22D,23D. The minimum Gasteiger partial charge on any atom is -0.455 e. The van der Waals surface area contributed by atoms with Gasteiger partial charge in [-0.05, 0) is 95.7 Å². The van der Waals surface area contributed by atoms with Crippen molar-refractivity contribution in [1.29, 1.82) is 0 Å². The second kappa shape index (κ2) is 11.1. The van der Waals surface area contributed by atoms with Crippen molar-refractivity contribution in [2.75, 3.05) is 0 Å². The second-order valence-electron chi connectivity index (χ2n) is 12.2. The maximum atomic E-state index is 9.51. The molecule has 0 amide bonds. The summed E-state index contributed by atoms with van der Waals surface area (Å²) in [5.74, 6) is 0. The van der Waals surface area contributed by atoms with Crippen LogP contribution in [-0.2, 0) is 0 Å². The van der Waals surface area contributed by atoms with Gasteiger partial charge in [0, 0.05) is 16.2 Å². The monoisotopic (exact) mass is 630 g/mol. The van der Waals surface area contributed by atoms with E-state index in [0.29, 0.717) is 33.2 Å². The highest BCUT2D eigenvalue weighted by atomic mass is 16.3. The van der Waals surface area contributed by atoms with Crippen molar-refractivity contribution >= 4 is 54.3 Å². The summed E-state index contributed by atoms with van der Waals surface area (Å²) in [5.41, 5.74) is 6.62. The van der Waals surface area contributed by atoms with Gasteiger partial charge in [0.1, 0.15) is 11.2 Å². The molecule has 0 fully saturated rings. The molecule has 0 aliphatic heterocycles. The molecular formula is C48H30O. The predicted molar refractivity (Wildman–Crippen MR) is 208 cm³/mol. The van der Waals surface area contributed by atoms with Gasteiger partial charge in [-0.3, -0.25) is 0 Å². The molecule has 0 atom stereocenters. The molecule has 0 aliphatic carbocycles. The second-order valence-corrected chi connectivity index (χ2v) is 12.2. The number of benzene rings is 9. The molecule has 228 valence electrons. The molecule has 0 saturated carbocycles. The summed E-state index contributed by atoms with van der Waals surface area (Å²) >= 11 is 0. The molecule has 49 heavy (non-hydrogen) atoms. The van der Waals surface area contributed by atoms with Crippen molar-refractivity contribution in [3.63, 3.8) is 0 Å². The zero-order valence-corrected chi connectivity index (χ0v) is 26.1. The van der Waals surface area contributed by atoms with Gasteiger partial charge in [-0.1, -0.05) is 158 Å². The van der Waals surface area contributed by atoms with Crippen LogP contribution in [0.15, 0.2) is 186 Å². The van der Waals surface area contributed by atoms with Crippen LogP contribution in [0.5, 0.6) is 0 Å². The van der Waals surface area contributed by atoms with Crippen LogP contribution in [0.2, 0.25) is 0 Å². The number of furan rings is 1. The van der Waals surface area contributed by atoms with Crippen LogP contribution < -0.4 is 0 Å². The molecule has 0 unspecified atom stereocenters. The molecule has 1 heterocycles. The molecule has 9 aromatic carbocycles. The fourth-order valence-electron chi connectivity index (χ4n) is 7.36. The maximum absolute atomic E-state index is 9.51. The van der Waals surface area contributed by atoms with Crippen LogP contribution in [0.25, 0.3) is 98.8 Å². The molecule has 0 N–H and O–H groups in total. The van der Waals surface area contributed by atoms with Gasteiger partial charge in [-0.15, -0.1) is 0 Å². The Morgan fingerprint density at radius 2 is 0.939 bits per heavy atom. The van der Waals surface area contributed by atoms with Gasteiger partial charge in [-0.25, -0.2) is 0 Å². The van der Waals surface area contributed by atoms with E-state index in [4.69, 9.17) is 9.90 Å². The fraction of sp³-hybridized carbons (Fsp3) is 0. The van der Waals surface area contributed by atoms with Crippen LogP contribution in [-0.4, -0.2) is 0 Å². The third-order valence-electron chi connectivity index (χ3n) is 9.51. The third-order valence-corrected chi connectivity index (χ3v) is 9.51. The Kier molecular flexibility index (Phi) is 4.69. The average Bonchev–Trinajstić information content (AvgIpc) is 3.65. The zero-order chi connectivity index (χ0) is 39.3. The lowest BCUT2D eigenvalue weighted by atomic mass is 9.83. The number of hydrogen-bond donors (Lipinski definition) is 0. The molecule has 10 aromatic rings. The third kappa shape index (κ3) is 4.33. The molecule has 10 rings (SSSR count). The topological polar surface area (TPSA) is 13.1 Å². The molecular weight excluding hydrogens is 593 g/mol. The first kappa shape index (κ1) is 20.7. The minimum absolute atomic E-state index is 0.159. The Hall–Kier alpha value is -6.44. The summed E-state index contributed by atoms with van der Waals surface area (Å²) in [4.78, 5) is 0. The summed E-state index contributed by atoms with van der Waals surface area (Å²) in [7, 11) is 0. The summed E-state index contributed by atoms with van der Waals surface area (Å²) in [5, 5.41) is 3.95. The Morgan fingerprint density at radius 1 is 0.388 bits per heavy atom. The highest BCUT2D eigenvalue weighted by Gasteiger charge is 2.22. The smallest absolute Gasteiger partial charge is 0.143 e. The van der Waals surface area contributed by atoms with Gasteiger partial charge in [0.05, 0.1) is 11.0 Å². The summed E-state index contributed by atoms with van der Waals surface area (Å²) in [6.45, 7) is 0. The summed E-state index contributed by atoms with van der Waals surface area (Å²) in [6, 6.07) is 40.0. The van der Waals surface area contributed by atoms with Gasteiger partial charge in [0.15, 0.2) is 0 Å². The predicted octanol–water partition coefficient (Wildman–Crippen LogP) is 13.7. The molecule has 0 spiro atoms. The van der Waals surface area contributed by atoms with Crippen molar-refractivity contribution in [2.45, 2.75) is 0 Å². The van der Waals surface area contributed by atoms with E-state index in [-0.39, 0.29) is 51.3 Å². The van der Waals surface area contributed by atoms with Crippen LogP contribution in [0.4, 0.5) is 0 Å². The molecule has 0 aliphatic rings. The normalized spacial score (nSPS) is 14.0. The largest absolute Gasteiger partial charge is 0.455 e. The van der Waals surface area contributed by atoms with Crippen molar-refractivity contribution in [3.05, 3.63) is 182 Å².